The van der Waals surface area contributed by atoms with Gasteiger partial charge in [-0.15, -0.1) is 11.6 Å². The summed E-state index contributed by atoms with van der Waals surface area (Å²) >= 11 is 6.17. The van der Waals surface area contributed by atoms with Gasteiger partial charge < -0.3 is 9.47 Å². The third-order valence-electron chi connectivity index (χ3n) is 2.19. The van der Waals surface area contributed by atoms with Crippen LogP contribution >= 0.6 is 11.6 Å². The first kappa shape index (κ1) is 8.70. The number of hydrogen-bond donors (Lipinski definition) is 0. The molecule has 1 atom stereocenters. The molecule has 0 aromatic heterocycles. The predicted octanol–water partition coefficient (Wildman–Crippen LogP) is 2.76. The molecule has 1 aromatic carbocycles. The summed E-state index contributed by atoms with van der Waals surface area (Å²) in [5, 5.41) is 0.0138. The standard InChI is InChI=1S/C10H11ClO2/c1-12-8-3-2-4-9-10(8)7(11)5-6-13-9/h2-4,7H,5-6H2,1H3. The van der Waals surface area contributed by atoms with E-state index in [1.807, 2.05) is 18.2 Å². The van der Waals surface area contributed by atoms with Crippen LogP contribution in [0.25, 0.3) is 0 Å². The van der Waals surface area contributed by atoms with Crippen LogP contribution in [0.1, 0.15) is 17.4 Å². The Morgan fingerprint density at radius 1 is 1.54 bits per heavy atom. The molecule has 1 heterocycles. The molecule has 0 N–H and O–H groups in total. The van der Waals surface area contributed by atoms with E-state index in [9.17, 15) is 0 Å². The number of halogens is 1. The monoisotopic (exact) mass is 198 g/mol. The van der Waals surface area contributed by atoms with Crippen LogP contribution in [0.2, 0.25) is 0 Å². The first-order chi connectivity index (χ1) is 6.33. The van der Waals surface area contributed by atoms with Crippen LogP contribution in [0, 0.1) is 0 Å². The molecule has 3 heteroatoms. The lowest BCUT2D eigenvalue weighted by atomic mass is 10.0. The highest BCUT2D eigenvalue weighted by molar-refractivity contribution is 6.21. The van der Waals surface area contributed by atoms with Crippen LogP contribution < -0.4 is 9.47 Å². The minimum atomic E-state index is 0.0138. The van der Waals surface area contributed by atoms with E-state index in [1.54, 1.807) is 7.11 Å². The Bertz CT molecular complexity index is 298. The van der Waals surface area contributed by atoms with E-state index < -0.39 is 0 Å². The summed E-state index contributed by atoms with van der Waals surface area (Å²) in [5.74, 6) is 1.67. The van der Waals surface area contributed by atoms with Gasteiger partial charge in [0.1, 0.15) is 11.5 Å². The zero-order valence-electron chi connectivity index (χ0n) is 7.42. The lowest BCUT2D eigenvalue weighted by molar-refractivity contribution is 0.279. The fraction of sp³-hybridized carbons (Fsp3) is 0.400. The second-order valence-corrected chi connectivity index (χ2v) is 3.50. The second-order valence-electron chi connectivity index (χ2n) is 2.98. The zero-order valence-corrected chi connectivity index (χ0v) is 8.17. The smallest absolute Gasteiger partial charge is 0.127 e. The van der Waals surface area contributed by atoms with Crippen molar-refractivity contribution in [3.05, 3.63) is 23.8 Å². The van der Waals surface area contributed by atoms with Gasteiger partial charge in [0.25, 0.3) is 0 Å². The first-order valence-electron chi connectivity index (χ1n) is 4.26. The lowest BCUT2D eigenvalue weighted by Crippen LogP contribution is -2.11. The van der Waals surface area contributed by atoms with Gasteiger partial charge in [0.2, 0.25) is 0 Å². The molecule has 1 aliphatic heterocycles. The lowest BCUT2D eigenvalue weighted by Gasteiger charge is -2.23. The number of ether oxygens (including phenoxy) is 2. The molecule has 0 fully saturated rings. The van der Waals surface area contributed by atoms with E-state index in [0.717, 1.165) is 23.5 Å². The maximum Gasteiger partial charge on any atom is 0.127 e. The normalized spacial score (nSPS) is 20.3. The Balaban J connectivity index is 2.50. The molecule has 0 aliphatic carbocycles. The van der Waals surface area contributed by atoms with Crippen LogP contribution in [0.5, 0.6) is 11.5 Å². The largest absolute Gasteiger partial charge is 0.496 e. The van der Waals surface area contributed by atoms with Crippen molar-refractivity contribution >= 4 is 11.6 Å². The maximum absolute atomic E-state index is 6.17. The van der Waals surface area contributed by atoms with E-state index >= 15 is 0 Å². The van der Waals surface area contributed by atoms with Crippen LogP contribution in [0.4, 0.5) is 0 Å². The van der Waals surface area contributed by atoms with Gasteiger partial charge in [-0.3, -0.25) is 0 Å². The van der Waals surface area contributed by atoms with E-state index in [4.69, 9.17) is 21.1 Å². The van der Waals surface area contributed by atoms with Crippen molar-refractivity contribution in [1.29, 1.82) is 0 Å². The molecule has 2 nitrogen and oxygen atoms in total. The average molecular weight is 199 g/mol. The highest BCUT2D eigenvalue weighted by Gasteiger charge is 2.22. The van der Waals surface area contributed by atoms with Gasteiger partial charge in [0.05, 0.1) is 24.7 Å². The first-order valence-corrected chi connectivity index (χ1v) is 4.70. The van der Waals surface area contributed by atoms with Gasteiger partial charge in [-0.1, -0.05) is 6.07 Å². The molecule has 1 aromatic rings. The van der Waals surface area contributed by atoms with Gasteiger partial charge in [0, 0.05) is 6.42 Å². The van der Waals surface area contributed by atoms with Crippen LogP contribution in [0.3, 0.4) is 0 Å². The fourth-order valence-corrected chi connectivity index (χ4v) is 1.86. The number of benzene rings is 1. The minimum absolute atomic E-state index is 0.0138. The van der Waals surface area contributed by atoms with E-state index in [-0.39, 0.29) is 5.38 Å². The molecule has 0 amide bonds. The summed E-state index contributed by atoms with van der Waals surface area (Å²) in [6, 6.07) is 5.74. The Labute approximate surface area is 82.4 Å². The Kier molecular flexibility index (Phi) is 2.32. The topological polar surface area (TPSA) is 18.5 Å². The van der Waals surface area contributed by atoms with E-state index in [0.29, 0.717) is 6.61 Å². The molecule has 0 bridgehead atoms. The van der Waals surface area contributed by atoms with Gasteiger partial charge in [-0.05, 0) is 12.1 Å². The summed E-state index contributed by atoms with van der Waals surface area (Å²) in [4.78, 5) is 0. The fourth-order valence-electron chi connectivity index (χ4n) is 1.55. The Morgan fingerprint density at radius 3 is 3.15 bits per heavy atom. The van der Waals surface area contributed by atoms with Gasteiger partial charge in [0.15, 0.2) is 0 Å². The SMILES string of the molecule is COc1cccc2c1C(Cl)CCO2. The molecule has 0 saturated carbocycles. The molecular formula is C10H11ClO2. The number of hydrogen-bond acceptors (Lipinski definition) is 2. The van der Waals surface area contributed by atoms with E-state index in [1.165, 1.54) is 0 Å². The molecular weight excluding hydrogens is 188 g/mol. The predicted molar refractivity (Wildman–Crippen MR) is 51.7 cm³/mol. The number of alkyl halides is 1. The summed E-state index contributed by atoms with van der Waals surface area (Å²) in [5.41, 5.74) is 0.984. The van der Waals surface area contributed by atoms with Gasteiger partial charge >= 0.3 is 0 Å². The summed E-state index contributed by atoms with van der Waals surface area (Å²) in [7, 11) is 1.65. The third kappa shape index (κ3) is 1.46. The zero-order chi connectivity index (χ0) is 9.26. The van der Waals surface area contributed by atoms with Gasteiger partial charge in [-0.25, -0.2) is 0 Å². The van der Waals surface area contributed by atoms with Crippen LogP contribution in [0.15, 0.2) is 18.2 Å². The number of rotatable bonds is 1. The highest BCUT2D eigenvalue weighted by Crippen LogP contribution is 2.41. The van der Waals surface area contributed by atoms with Crippen molar-refractivity contribution in [2.24, 2.45) is 0 Å². The summed E-state index contributed by atoms with van der Waals surface area (Å²) < 4.78 is 10.7. The minimum Gasteiger partial charge on any atom is -0.496 e. The molecule has 1 unspecified atom stereocenters. The molecule has 1 aliphatic rings. The molecule has 0 saturated heterocycles. The van der Waals surface area contributed by atoms with Crippen molar-refractivity contribution in [2.75, 3.05) is 13.7 Å². The van der Waals surface area contributed by atoms with Crippen molar-refractivity contribution in [2.45, 2.75) is 11.8 Å². The van der Waals surface area contributed by atoms with Gasteiger partial charge in [-0.2, -0.15) is 0 Å². The van der Waals surface area contributed by atoms with Crippen LogP contribution in [-0.4, -0.2) is 13.7 Å². The van der Waals surface area contributed by atoms with Crippen molar-refractivity contribution in [3.8, 4) is 11.5 Å². The van der Waals surface area contributed by atoms with Crippen molar-refractivity contribution < 1.29 is 9.47 Å². The average Bonchev–Trinajstić information content (AvgIpc) is 2.17. The Hall–Kier alpha value is -0.890. The third-order valence-corrected chi connectivity index (χ3v) is 2.62. The van der Waals surface area contributed by atoms with E-state index in [2.05, 4.69) is 0 Å². The highest BCUT2D eigenvalue weighted by atomic mass is 35.5. The molecule has 0 radical (unpaired) electrons. The van der Waals surface area contributed by atoms with Crippen LogP contribution in [-0.2, 0) is 0 Å². The maximum atomic E-state index is 6.17. The molecule has 2 rings (SSSR count). The number of fused-ring (bicyclic) bond motifs is 1. The molecule has 13 heavy (non-hydrogen) atoms. The number of methoxy groups -OCH3 is 1. The second kappa shape index (κ2) is 3.46. The summed E-state index contributed by atoms with van der Waals surface area (Å²) in [6.07, 6.45) is 0.842. The quantitative estimate of drug-likeness (QED) is 0.646. The molecule has 0 spiro atoms. The summed E-state index contributed by atoms with van der Waals surface area (Å²) in [6.45, 7) is 0.689. The molecule has 70 valence electrons. The Morgan fingerprint density at radius 2 is 2.38 bits per heavy atom. The van der Waals surface area contributed by atoms with Crippen molar-refractivity contribution in [3.63, 3.8) is 0 Å². The van der Waals surface area contributed by atoms with Crippen molar-refractivity contribution in [1.82, 2.24) is 0 Å².